The van der Waals surface area contributed by atoms with Crippen LogP contribution in [-0.4, -0.2) is 46.7 Å². The first-order valence-electron chi connectivity index (χ1n) is 11.0. The fourth-order valence-corrected chi connectivity index (χ4v) is 4.29. The Morgan fingerprint density at radius 2 is 2.18 bits per heavy atom. The fraction of sp³-hybridized carbons (Fsp3) is 0.333. The Hall–Kier alpha value is -3.59. The van der Waals surface area contributed by atoms with Crippen LogP contribution in [0.2, 0.25) is 0 Å². The third-order valence-corrected chi connectivity index (χ3v) is 6.21. The van der Waals surface area contributed by atoms with E-state index in [0.717, 1.165) is 16.6 Å². The molecule has 0 aliphatic carbocycles. The number of fused-ring (bicyclic) bond motifs is 2. The highest BCUT2D eigenvalue weighted by Crippen LogP contribution is 2.27. The molecule has 2 amide bonds. The van der Waals surface area contributed by atoms with E-state index < -0.39 is 6.04 Å². The quantitative estimate of drug-likeness (QED) is 0.162. The van der Waals surface area contributed by atoms with Gasteiger partial charge in [0.2, 0.25) is 0 Å². The lowest BCUT2D eigenvalue weighted by atomic mass is 10.0. The van der Waals surface area contributed by atoms with Gasteiger partial charge < -0.3 is 25.3 Å². The molecule has 0 unspecified atom stereocenters. The van der Waals surface area contributed by atoms with E-state index in [0.29, 0.717) is 48.6 Å². The summed E-state index contributed by atoms with van der Waals surface area (Å²) in [5.41, 5.74) is 3.26. The molecule has 0 saturated heterocycles. The van der Waals surface area contributed by atoms with E-state index >= 15 is 0 Å². The maximum atomic E-state index is 13.3. The van der Waals surface area contributed by atoms with Gasteiger partial charge in [-0.1, -0.05) is 12.1 Å². The highest BCUT2D eigenvalue weighted by atomic mass is 35.5. The van der Waals surface area contributed by atoms with Gasteiger partial charge in [-0.15, -0.1) is 11.6 Å². The first-order valence-corrected chi connectivity index (χ1v) is 11.5. The van der Waals surface area contributed by atoms with Crippen LogP contribution in [0.25, 0.3) is 11.0 Å². The van der Waals surface area contributed by atoms with Crippen molar-refractivity contribution in [1.29, 1.82) is 5.41 Å². The van der Waals surface area contributed by atoms with E-state index in [1.165, 1.54) is 0 Å². The van der Waals surface area contributed by atoms with E-state index in [9.17, 15) is 9.59 Å². The highest BCUT2D eigenvalue weighted by Gasteiger charge is 2.28. The van der Waals surface area contributed by atoms with Crippen molar-refractivity contribution in [2.24, 2.45) is 7.05 Å². The Labute approximate surface area is 202 Å². The monoisotopic (exact) mass is 482 g/mol. The standard InChI is InChI=1S/C24H27ClN6O3/c1-31-19-9-8-15(34-2)11-18(19)29-22(31)17(7-4-10-27-20(26)12-25)30-23(32)16-6-3-5-14-13-28-24(33)21(14)16/h3,5-6,8-9,11,17H,4,7,10,12-13H2,1-2H3,(H2,26,27)(H,28,33)(H,30,32)/t17-/m0/s1. The second kappa shape index (κ2) is 10.1. The number of aromatic nitrogens is 2. The van der Waals surface area contributed by atoms with E-state index in [1.54, 1.807) is 19.2 Å². The number of amidine groups is 1. The zero-order valence-corrected chi connectivity index (χ0v) is 19.8. The third-order valence-electron chi connectivity index (χ3n) is 5.94. The Kier molecular flexibility index (Phi) is 7.02. The minimum atomic E-state index is -0.414. The molecule has 1 aromatic heterocycles. The first kappa shape index (κ1) is 23.6. The maximum Gasteiger partial charge on any atom is 0.252 e. The van der Waals surface area contributed by atoms with Gasteiger partial charge in [-0.2, -0.15) is 0 Å². The predicted molar refractivity (Wildman–Crippen MR) is 131 cm³/mol. The number of hydrogen-bond acceptors (Lipinski definition) is 5. The van der Waals surface area contributed by atoms with E-state index in [1.807, 2.05) is 35.9 Å². The van der Waals surface area contributed by atoms with Crippen molar-refractivity contribution < 1.29 is 14.3 Å². The molecule has 3 aromatic rings. The molecule has 10 heteroatoms. The molecule has 4 N–H and O–H groups in total. The molecule has 0 radical (unpaired) electrons. The van der Waals surface area contributed by atoms with Gasteiger partial charge in [-0.25, -0.2) is 4.98 Å². The maximum absolute atomic E-state index is 13.3. The normalized spacial score (nSPS) is 13.3. The number of carbonyl (C=O) groups is 2. The summed E-state index contributed by atoms with van der Waals surface area (Å²) in [5, 5.41) is 16.5. The van der Waals surface area contributed by atoms with Gasteiger partial charge in [0.15, 0.2) is 0 Å². The number of methoxy groups -OCH3 is 1. The van der Waals surface area contributed by atoms with Crippen LogP contribution in [0, 0.1) is 5.41 Å². The van der Waals surface area contributed by atoms with Crippen LogP contribution in [-0.2, 0) is 13.6 Å². The Bertz CT molecular complexity index is 1250. The number of halogens is 1. The molecule has 34 heavy (non-hydrogen) atoms. The molecule has 0 fully saturated rings. The number of hydrogen-bond donors (Lipinski definition) is 4. The minimum absolute atomic E-state index is 0.119. The molecule has 178 valence electrons. The molecule has 1 atom stereocenters. The van der Waals surface area contributed by atoms with Crippen LogP contribution in [0.5, 0.6) is 5.75 Å². The van der Waals surface area contributed by atoms with Crippen molar-refractivity contribution >= 4 is 40.3 Å². The lowest BCUT2D eigenvalue weighted by Gasteiger charge is -2.20. The molecule has 4 rings (SSSR count). The summed E-state index contributed by atoms with van der Waals surface area (Å²) < 4.78 is 7.28. The minimum Gasteiger partial charge on any atom is -0.497 e. The second-order valence-electron chi connectivity index (χ2n) is 8.11. The lowest BCUT2D eigenvalue weighted by molar-refractivity contribution is 0.0912. The van der Waals surface area contributed by atoms with Crippen molar-refractivity contribution in [2.45, 2.75) is 25.4 Å². The largest absolute Gasteiger partial charge is 0.497 e. The van der Waals surface area contributed by atoms with Crippen molar-refractivity contribution in [3.8, 4) is 5.75 Å². The fourth-order valence-electron chi connectivity index (χ4n) is 4.20. The summed E-state index contributed by atoms with van der Waals surface area (Å²) in [6.45, 7) is 0.961. The Morgan fingerprint density at radius 1 is 1.35 bits per heavy atom. The topological polar surface area (TPSA) is 121 Å². The van der Waals surface area contributed by atoms with E-state index in [2.05, 4.69) is 16.0 Å². The number of rotatable bonds is 9. The van der Waals surface area contributed by atoms with Crippen molar-refractivity contribution in [3.05, 3.63) is 58.9 Å². The number of imidazole rings is 1. The van der Waals surface area contributed by atoms with Gasteiger partial charge in [0.1, 0.15) is 17.4 Å². The van der Waals surface area contributed by atoms with Gasteiger partial charge in [-0.05, 0) is 36.6 Å². The average molecular weight is 483 g/mol. The number of alkyl halides is 1. The Morgan fingerprint density at radius 3 is 2.94 bits per heavy atom. The van der Waals surface area contributed by atoms with Crippen LogP contribution < -0.4 is 20.7 Å². The number of aryl methyl sites for hydroxylation is 1. The number of nitrogens with zero attached hydrogens (tertiary/aromatic N) is 2. The summed E-state index contributed by atoms with van der Waals surface area (Å²) in [6, 6.07) is 10.5. The predicted octanol–water partition coefficient (Wildman–Crippen LogP) is 2.88. The summed E-state index contributed by atoms with van der Waals surface area (Å²) in [4.78, 5) is 30.4. The summed E-state index contributed by atoms with van der Waals surface area (Å²) >= 11 is 5.67. The number of nitrogens with one attached hydrogen (secondary N) is 4. The van der Waals surface area contributed by atoms with E-state index in [4.69, 9.17) is 26.7 Å². The van der Waals surface area contributed by atoms with Crippen molar-refractivity contribution in [2.75, 3.05) is 19.5 Å². The van der Waals surface area contributed by atoms with Crippen molar-refractivity contribution in [1.82, 2.24) is 25.5 Å². The van der Waals surface area contributed by atoms with Crippen molar-refractivity contribution in [3.63, 3.8) is 0 Å². The molecule has 0 spiro atoms. The SMILES string of the molecule is COc1ccc2c(c1)nc([C@H](CCCNC(=N)CCl)NC(=O)c1cccc3c1C(=O)NC3)n2C. The molecule has 0 bridgehead atoms. The van der Waals surface area contributed by atoms with Gasteiger partial charge in [0, 0.05) is 26.2 Å². The van der Waals surface area contributed by atoms with Crippen LogP contribution in [0.15, 0.2) is 36.4 Å². The average Bonchev–Trinajstić information content (AvgIpc) is 3.39. The lowest BCUT2D eigenvalue weighted by Crippen LogP contribution is -2.32. The first-order chi connectivity index (χ1) is 16.4. The zero-order chi connectivity index (χ0) is 24.2. The molecular formula is C24H27ClN6O3. The molecule has 2 aromatic carbocycles. The molecule has 9 nitrogen and oxygen atoms in total. The van der Waals surface area contributed by atoms with Crippen LogP contribution in [0.1, 0.15) is 51.0 Å². The third kappa shape index (κ3) is 4.70. The molecule has 0 saturated carbocycles. The number of carbonyl (C=O) groups excluding carboxylic acids is 2. The summed E-state index contributed by atoms with van der Waals surface area (Å²) in [7, 11) is 3.51. The van der Waals surface area contributed by atoms with Crippen LogP contribution >= 0.6 is 11.6 Å². The van der Waals surface area contributed by atoms with E-state index in [-0.39, 0.29) is 23.5 Å². The van der Waals surface area contributed by atoms with Crippen LogP contribution in [0.4, 0.5) is 0 Å². The smallest absolute Gasteiger partial charge is 0.252 e. The summed E-state index contributed by atoms with van der Waals surface area (Å²) in [6.07, 6.45) is 1.24. The molecular weight excluding hydrogens is 456 g/mol. The highest BCUT2D eigenvalue weighted by molar-refractivity contribution is 6.27. The Balaban J connectivity index is 1.62. The molecule has 1 aliphatic rings. The summed E-state index contributed by atoms with van der Waals surface area (Å²) in [5.74, 6) is 1.20. The second-order valence-corrected chi connectivity index (χ2v) is 8.38. The molecule has 1 aliphatic heterocycles. The molecule has 2 heterocycles. The van der Waals surface area contributed by atoms with Gasteiger partial charge in [0.25, 0.3) is 11.8 Å². The van der Waals surface area contributed by atoms with Gasteiger partial charge in [0.05, 0.1) is 41.2 Å². The number of benzene rings is 2. The number of ether oxygens (including phenoxy) is 1. The number of amides is 2. The van der Waals surface area contributed by atoms with Gasteiger partial charge >= 0.3 is 0 Å². The van der Waals surface area contributed by atoms with Crippen LogP contribution in [0.3, 0.4) is 0 Å². The van der Waals surface area contributed by atoms with Gasteiger partial charge in [-0.3, -0.25) is 15.0 Å². The zero-order valence-electron chi connectivity index (χ0n) is 19.1.